The second-order valence-electron chi connectivity index (χ2n) is 6.69. The van der Waals surface area contributed by atoms with E-state index in [1.165, 1.54) is 6.39 Å². The molecule has 3 fully saturated rings. The average Bonchev–Trinajstić information content (AvgIpc) is 3.31. The molecule has 2 bridgehead atoms. The second kappa shape index (κ2) is 6.59. The number of hydrogen-bond acceptors (Lipinski definition) is 4. The van der Waals surface area contributed by atoms with Crippen LogP contribution in [-0.4, -0.2) is 41.3 Å². The lowest BCUT2D eigenvalue weighted by atomic mass is 9.72. The fourth-order valence-corrected chi connectivity index (χ4v) is 4.48. The molecule has 6 nitrogen and oxygen atoms in total. The lowest BCUT2D eigenvalue weighted by molar-refractivity contribution is -0.130. The molecule has 1 saturated carbocycles. The van der Waals surface area contributed by atoms with Crippen LogP contribution in [0.5, 0.6) is 0 Å². The maximum absolute atomic E-state index is 12.8. The Morgan fingerprint density at radius 2 is 2.19 bits per heavy atom. The van der Waals surface area contributed by atoms with Gasteiger partial charge in [0.2, 0.25) is 5.91 Å². The number of oxazole rings is 1. The summed E-state index contributed by atoms with van der Waals surface area (Å²) < 4.78 is 5.51. The number of benzene rings is 1. The normalized spacial score (nSPS) is 23.7. The molecule has 1 aromatic carbocycles. The van der Waals surface area contributed by atoms with Gasteiger partial charge in [0.05, 0.1) is 6.42 Å². The van der Waals surface area contributed by atoms with Gasteiger partial charge in [-0.2, -0.15) is 0 Å². The standard InChI is InChI=1S/C18H17Cl2N3O3/c1-21-18(25)16-17(26-8-22-16)15-10-4-13(15)23(7-10)14(24)5-9-2-3-11(19)6-12(9)20/h2-3,6,8,10,13,15H,4-5,7H2,1H3,(H,21,25). The van der Waals surface area contributed by atoms with Gasteiger partial charge >= 0.3 is 0 Å². The predicted molar refractivity (Wildman–Crippen MR) is 96.4 cm³/mol. The Balaban J connectivity index is 1.50. The summed E-state index contributed by atoms with van der Waals surface area (Å²) in [5.41, 5.74) is 1.06. The monoisotopic (exact) mass is 393 g/mol. The lowest BCUT2D eigenvalue weighted by Gasteiger charge is -2.35. The van der Waals surface area contributed by atoms with Gasteiger partial charge in [-0.3, -0.25) is 9.59 Å². The molecular weight excluding hydrogens is 377 g/mol. The summed E-state index contributed by atoms with van der Waals surface area (Å²) in [6, 6.07) is 5.19. The zero-order valence-corrected chi connectivity index (χ0v) is 15.5. The van der Waals surface area contributed by atoms with Crippen LogP contribution in [0.15, 0.2) is 29.0 Å². The number of halogens is 2. The molecule has 1 aromatic heterocycles. The zero-order chi connectivity index (χ0) is 18.4. The third-order valence-corrected chi connectivity index (χ3v) is 5.90. The minimum absolute atomic E-state index is 0.0187. The Kier molecular flexibility index (Phi) is 4.40. The van der Waals surface area contributed by atoms with Crippen molar-refractivity contribution in [1.82, 2.24) is 15.2 Å². The Bertz CT molecular complexity index is 882. The summed E-state index contributed by atoms with van der Waals surface area (Å²) in [6.45, 7) is 0.660. The first kappa shape index (κ1) is 17.4. The van der Waals surface area contributed by atoms with Crippen molar-refractivity contribution < 1.29 is 14.0 Å². The van der Waals surface area contributed by atoms with Crippen LogP contribution >= 0.6 is 23.2 Å². The molecule has 1 aliphatic carbocycles. The van der Waals surface area contributed by atoms with Crippen LogP contribution in [0.2, 0.25) is 10.0 Å². The maximum atomic E-state index is 12.8. The van der Waals surface area contributed by atoms with Gasteiger partial charge in [-0.15, -0.1) is 0 Å². The predicted octanol–water partition coefficient (Wildman–Crippen LogP) is 2.90. The second-order valence-corrected chi connectivity index (χ2v) is 7.54. The lowest BCUT2D eigenvalue weighted by Crippen LogP contribution is -2.41. The highest BCUT2D eigenvalue weighted by atomic mass is 35.5. The van der Waals surface area contributed by atoms with E-state index in [1.54, 1.807) is 25.2 Å². The van der Waals surface area contributed by atoms with Crippen molar-refractivity contribution in [3.05, 3.63) is 51.7 Å². The SMILES string of the molecule is CNC(=O)c1ncoc1C1C2CC1N(C(=O)Cc1ccc(Cl)cc1Cl)C2. The van der Waals surface area contributed by atoms with Crippen molar-refractivity contribution in [1.29, 1.82) is 0 Å². The topological polar surface area (TPSA) is 75.4 Å². The van der Waals surface area contributed by atoms with Crippen LogP contribution < -0.4 is 5.32 Å². The largest absolute Gasteiger partial charge is 0.447 e. The molecule has 26 heavy (non-hydrogen) atoms. The molecule has 136 valence electrons. The molecule has 3 unspecified atom stereocenters. The Labute approximate surface area is 160 Å². The van der Waals surface area contributed by atoms with Gasteiger partial charge in [-0.25, -0.2) is 4.98 Å². The van der Waals surface area contributed by atoms with Gasteiger partial charge in [-0.05, 0) is 30.0 Å². The highest BCUT2D eigenvalue weighted by molar-refractivity contribution is 6.35. The van der Waals surface area contributed by atoms with Crippen LogP contribution in [0, 0.1) is 5.92 Å². The van der Waals surface area contributed by atoms with Crippen LogP contribution in [0.3, 0.4) is 0 Å². The first-order valence-electron chi connectivity index (χ1n) is 8.38. The molecule has 2 amide bonds. The van der Waals surface area contributed by atoms with Crippen LogP contribution in [0.4, 0.5) is 0 Å². The van der Waals surface area contributed by atoms with Gasteiger partial charge in [0, 0.05) is 35.6 Å². The van der Waals surface area contributed by atoms with Crippen LogP contribution in [0.1, 0.15) is 34.2 Å². The third kappa shape index (κ3) is 2.77. The number of nitrogens with one attached hydrogen (secondary N) is 1. The summed E-state index contributed by atoms with van der Waals surface area (Å²) in [4.78, 5) is 30.6. The third-order valence-electron chi connectivity index (χ3n) is 5.32. The van der Waals surface area contributed by atoms with Crippen LogP contribution in [0.25, 0.3) is 0 Å². The van der Waals surface area contributed by atoms with Crippen molar-refractivity contribution >= 4 is 35.0 Å². The molecule has 2 saturated heterocycles. The summed E-state index contributed by atoms with van der Waals surface area (Å²) in [7, 11) is 1.56. The van der Waals surface area contributed by atoms with E-state index in [2.05, 4.69) is 10.3 Å². The number of amides is 2. The quantitative estimate of drug-likeness (QED) is 0.866. The number of hydrogen-bond donors (Lipinski definition) is 1. The Morgan fingerprint density at radius 3 is 2.92 bits per heavy atom. The summed E-state index contributed by atoms with van der Waals surface area (Å²) in [5.74, 6) is 0.636. The van der Waals surface area contributed by atoms with E-state index in [4.69, 9.17) is 27.6 Å². The van der Waals surface area contributed by atoms with Crippen molar-refractivity contribution in [2.45, 2.75) is 24.8 Å². The Morgan fingerprint density at radius 1 is 1.38 bits per heavy atom. The minimum atomic E-state index is -0.272. The summed E-state index contributed by atoms with van der Waals surface area (Å²) in [6.07, 6.45) is 2.43. The van der Waals surface area contributed by atoms with Gasteiger partial charge in [0.25, 0.3) is 5.91 Å². The average molecular weight is 394 g/mol. The highest BCUT2D eigenvalue weighted by Crippen LogP contribution is 2.53. The van der Waals surface area contributed by atoms with E-state index in [0.29, 0.717) is 34.0 Å². The van der Waals surface area contributed by atoms with E-state index in [1.807, 2.05) is 4.90 Å². The molecule has 3 atom stereocenters. The summed E-state index contributed by atoms with van der Waals surface area (Å²) in [5, 5.41) is 3.61. The van der Waals surface area contributed by atoms with Crippen LogP contribution in [-0.2, 0) is 11.2 Å². The molecule has 0 spiro atoms. The molecule has 3 aliphatic rings. The molecule has 2 aromatic rings. The first-order valence-corrected chi connectivity index (χ1v) is 9.14. The summed E-state index contributed by atoms with van der Waals surface area (Å²) >= 11 is 12.1. The van der Waals surface area contributed by atoms with E-state index in [0.717, 1.165) is 12.0 Å². The van der Waals surface area contributed by atoms with Crippen molar-refractivity contribution in [3.8, 4) is 0 Å². The number of aromatic nitrogens is 1. The van der Waals surface area contributed by atoms with Gasteiger partial charge in [-0.1, -0.05) is 29.3 Å². The Hall–Kier alpha value is -2.05. The van der Waals surface area contributed by atoms with Gasteiger partial charge in [0.1, 0.15) is 5.76 Å². The molecule has 5 rings (SSSR count). The maximum Gasteiger partial charge on any atom is 0.273 e. The zero-order valence-electron chi connectivity index (χ0n) is 14.0. The van der Waals surface area contributed by atoms with E-state index < -0.39 is 0 Å². The number of nitrogens with zero attached hydrogens (tertiary/aromatic N) is 2. The fourth-order valence-electron chi connectivity index (χ4n) is 4.00. The van der Waals surface area contributed by atoms with E-state index >= 15 is 0 Å². The highest BCUT2D eigenvalue weighted by Gasteiger charge is 2.56. The molecule has 2 aliphatic heterocycles. The smallest absolute Gasteiger partial charge is 0.273 e. The fraction of sp³-hybridized carbons (Fsp3) is 0.389. The van der Waals surface area contributed by atoms with Crippen molar-refractivity contribution in [3.63, 3.8) is 0 Å². The number of fused-ring (bicyclic) bond motifs is 1. The molecular formula is C18H17Cl2N3O3. The molecule has 3 heterocycles. The van der Waals surface area contributed by atoms with Crippen molar-refractivity contribution in [2.24, 2.45) is 5.92 Å². The number of carbonyl (C=O) groups is 2. The number of carbonyl (C=O) groups excluding carboxylic acids is 2. The van der Waals surface area contributed by atoms with Gasteiger partial charge in [0.15, 0.2) is 12.1 Å². The molecule has 1 N–H and O–H groups in total. The molecule has 8 heteroatoms. The molecule has 0 radical (unpaired) electrons. The van der Waals surface area contributed by atoms with E-state index in [-0.39, 0.29) is 30.2 Å². The number of rotatable bonds is 4. The van der Waals surface area contributed by atoms with Gasteiger partial charge < -0.3 is 14.6 Å². The first-order chi connectivity index (χ1) is 12.5. The van der Waals surface area contributed by atoms with E-state index in [9.17, 15) is 9.59 Å². The van der Waals surface area contributed by atoms with Crippen molar-refractivity contribution in [2.75, 3.05) is 13.6 Å². The minimum Gasteiger partial charge on any atom is -0.447 e.